The number of hydrogen-bond acceptors (Lipinski definition) is 4. The van der Waals surface area contributed by atoms with Crippen LogP contribution in [0.1, 0.15) is 19.3 Å². The summed E-state index contributed by atoms with van der Waals surface area (Å²) in [6.45, 7) is 0.778. The minimum Gasteiger partial charge on any atom is -0.481 e. The molecule has 1 aliphatic rings. The van der Waals surface area contributed by atoms with E-state index in [0.29, 0.717) is 19.4 Å². The fourth-order valence-corrected chi connectivity index (χ4v) is 3.04. The second kappa shape index (κ2) is 6.33. The molecule has 1 saturated heterocycles. The number of aliphatic carboxylic acids is 1. The molecule has 1 rings (SSSR count). The molecule has 0 aromatic heterocycles. The van der Waals surface area contributed by atoms with Gasteiger partial charge < -0.3 is 10.0 Å². The van der Waals surface area contributed by atoms with Crippen LogP contribution in [0.3, 0.4) is 0 Å². The van der Waals surface area contributed by atoms with Gasteiger partial charge in [0.1, 0.15) is 0 Å². The van der Waals surface area contributed by atoms with Gasteiger partial charge in [-0.3, -0.25) is 9.59 Å². The lowest BCUT2D eigenvalue weighted by atomic mass is 9.98. The normalized spacial score (nSPS) is 21.1. The third kappa shape index (κ3) is 4.79. The molecule has 1 heterocycles. The van der Waals surface area contributed by atoms with E-state index < -0.39 is 16.0 Å². The SMILES string of the molecule is CN(CCC(=O)O)C(=O)C1CCCN(S(C)(=O)=O)C1. The van der Waals surface area contributed by atoms with E-state index in [1.54, 1.807) is 7.05 Å². The lowest BCUT2D eigenvalue weighted by Crippen LogP contribution is -2.45. The summed E-state index contributed by atoms with van der Waals surface area (Å²) in [5.41, 5.74) is 0. The van der Waals surface area contributed by atoms with Crippen LogP contribution in [0.4, 0.5) is 0 Å². The van der Waals surface area contributed by atoms with Gasteiger partial charge in [-0.2, -0.15) is 0 Å². The Balaban J connectivity index is 2.59. The van der Waals surface area contributed by atoms with E-state index in [0.717, 1.165) is 6.26 Å². The number of carboxylic acids is 1. The molecular weight excluding hydrogens is 272 g/mol. The fourth-order valence-electron chi connectivity index (χ4n) is 2.13. The van der Waals surface area contributed by atoms with Gasteiger partial charge in [0.25, 0.3) is 0 Å². The third-order valence-electron chi connectivity index (χ3n) is 3.24. The molecule has 1 N–H and O–H groups in total. The van der Waals surface area contributed by atoms with Crippen LogP contribution >= 0.6 is 0 Å². The average Bonchev–Trinajstić information content (AvgIpc) is 2.34. The topological polar surface area (TPSA) is 95.0 Å². The summed E-state index contributed by atoms with van der Waals surface area (Å²) < 4.78 is 24.2. The van der Waals surface area contributed by atoms with Crippen molar-refractivity contribution in [3.63, 3.8) is 0 Å². The van der Waals surface area contributed by atoms with Crippen LogP contribution in [0.15, 0.2) is 0 Å². The highest BCUT2D eigenvalue weighted by Gasteiger charge is 2.31. The lowest BCUT2D eigenvalue weighted by Gasteiger charge is -2.32. The summed E-state index contributed by atoms with van der Waals surface area (Å²) in [5.74, 6) is -1.52. The first-order valence-electron chi connectivity index (χ1n) is 6.13. The van der Waals surface area contributed by atoms with Gasteiger partial charge in [0, 0.05) is 26.7 Å². The molecule has 1 fully saturated rings. The van der Waals surface area contributed by atoms with Crippen molar-refractivity contribution in [2.45, 2.75) is 19.3 Å². The number of piperidine rings is 1. The van der Waals surface area contributed by atoms with E-state index in [2.05, 4.69) is 0 Å². The Morgan fingerprint density at radius 1 is 1.42 bits per heavy atom. The molecular formula is C11H20N2O5S. The van der Waals surface area contributed by atoms with Crippen molar-refractivity contribution >= 4 is 21.9 Å². The van der Waals surface area contributed by atoms with Crippen molar-refractivity contribution in [2.24, 2.45) is 5.92 Å². The van der Waals surface area contributed by atoms with Gasteiger partial charge in [-0.05, 0) is 12.8 Å². The van der Waals surface area contributed by atoms with Crippen LogP contribution in [-0.2, 0) is 19.6 Å². The number of rotatable bonds is 5. The van der Waals surface area contributed by atoms with E-state index in [4.69, 9.17) is 5.11 Å². The maximum Gasteiger partial charge on any atom is 0.305 e. The summed E-state index contributed by atoms with van der Waals surface area (Å²) in [6, 6.07) is 0. The largest absolute Gasteiger partial charge is 0.481 e. The molecule has 1 unspecified atom stereocenters. The number of carbonyl (C=O) groups is 2. The van der Waals surface area contributed by atoms with E-state index in [9.17, 15) is 18.0 Å². The average molecular weight is 292 g/mol. The number of amides is 1. The van der Waals surface area contributed by atoms with E-state index in [1.807, 2.05) is 0 Å². The number of hydrogen-bond donors (Lipinski definition) is 1. The monoisotopic (exact) mass is 292 g/mol. The molecule has 8 heteroatoms. The number of carbonyl (C=O) groups excluding carboxylic acids is 1. The van der Waals surface area contributed by atoms with Crippen molar-refractivity contribution < 1.29 is 23.1 Å². The zero-order chi connectivity index (χ0) is 14.6. The van der Waals surface area contributed by atoms with Crippen molar-refractivity contribution in [3.8, 4) is 0 Å². The summed E-state index contributed by atoms with van der Waals surface area (Å²) in [6.07, 6.45) is 2.32. The van der Waals surface area contributed by atoms with Gasteiger partial charge >= 0.3 is 5.97 Å². The summed E-state index contributed by atoms with van der Waals surface area (Å²) >= 11 is 0. The quantitative estimate of drug-likeness (QED) is 0.743. The smallest absolute Gasteiger partial charge is 0.305 e. The van der Waals surface area contributed by atoms with Gasteiger partial charge in [-0.15, -0.1) is 0 Å². The Kier molecular flexibility index (Phi) is 5.30. The second-order valence-electron chi connectivity index (χ2n) is 4.86. The molecule has 1 atom stereocenters. The number of carboxylic acid groups (broad SMARTS) is 1. The highest BCUT2D eigenvalue weighted by molar-refractivity contribution is 7.88. The van der Waals surface area contributed by atoms with Crippen LogP contribution in [-0.4, -0.2) is 67.5 Å². The summed E-state index contributed by atoms with van der Waals surface area (Å²) in [4.78, 5) is 23.9. The van der Waals surface area contributed by atoms with Gasteiger partial charge in [0.2, 0.25) is 15.9 Å². The van der Waals surface area contributed by atoms with Crippen LogP contribution in [0.5, 0.6) is 0 Å². The lowest BCUT2D eigenvalue weighted by molar-refractivity contribution is -0.139. The first kappa shape index (κ1) is 15.9. The Hall–Kier alpha value is -1.15. The van der Waals surface area contributed by atoms with E-state index in [1.165, 1.54) is 9.21 Å². The molecule has 0 saturated carbocycles. The van der Waals surface area contributed by atoms with Crippen molar-refractivity contribution in [1.29, 1.82) is 0 Å². The predicted octanol–water partition coefficient (Wildman–Crippen LogP) is -0.409. The van der Waals surface area contributed by atoms with Crippen LogP contribution in [0.25, 0.3) is 0 Å². The highest BCUT2D eigenvalue weighted by atomic mass is 32.2. The molecule has 0 radical (unpaired) electrons. The number of nitrogens with zero attached hydrogens (tertiary/aromatic N) is 2. The standard InChI is InChI=1S/C11H20N2O5S/c1-12(7-5-10(14)15)11(16)9-4-3-6-13(8-9)19(2,17)18/h9H,3-8H2,1-2H3,(H,14,15). The molecule has 0 aromatic carbocycles. The molecule has 0 bridgehead atoms. The predicted molar refractivity (Wildman–Crippen MR) is 69.0 cm³/mol. The molecule has 1 amide bonds. The minimum atomic E-state index is -3.28. The molecule has 0 aromatic rings. The molecule has 1 aliphatic heterocycles. The number of sulfonamides is 1. The molecule has 110 valence electrons. The van der Waals surface area contributed by atoms with E-state index in [-0.39, 0.29) is 31.3 Å². The van der Waals surface area contributed by atoms with E-state index >= 15 is 0 Å². The Labute approximate surface area is 113 Å². The third-order valence-corrected chi connectivity index (χ3v) is 4.51. The van der Waals surface area contributed by atoms with Crippen molar-refractivity contribution in [1.82, 2.24) is 9.21 Å². The maximum atomic E-state index is 12.1. The molecule has 7 nitrogen and oxygen atoms in total. The zero-order valence-corrected chi connectivity index (χ0v) is 12.0. The van der Waals surface area contributed by atoms with Gasteiger partial charge in [-0.25, -0.2) is 12.7 Å². The first-order chi connectivity index (χ1) is 8.71. The molecule has 0 aliphatic carbocycles. The van der Waals surface area contributed by atoms with Gasteiger partial charge in [-0.1, -0.05) is 0 Å². The van der Waals surface area contributed by atoms with Crippen LogP contribution < -0.4 is 0 Å². The molecule has 0 spiro atoms. The van der Waals surface area contributed by atoms with Crippen molar-refractivity contribution in [3.05, 3.63) is 0 Å². The minimum absolute atomic E-state index is 0.106. The fraction of sp³-hybridized carbons (Fsp3) is 0.818. The van der Waals surface area contributed by atoms with Crippen LogP contribution in [0.2, 0.25) is 0 Å². The van der Waals surface area contributed by atoms with Gasteiger partial charge in [0.15, 0.2) is 0 Å². The van der Waals surface area contributed by atoms with Gasteiger partial charge in [0.05, 0.1) is 18.6 Å². The maximum absolute atomic E-state index is 12.1. The Morgan fingerprint density at radius 2 is 2.05 bits per heavy atom. The summed E-state index contributed by atoms with van der Waals surface area (Å²) in [5, 5.41) is 8.58. The first-order valence-corrected chi connectivity index (χ1v) is 7.98. The highest BCUT2D eigenvalue weighted by Crippen LogP contribution is 2.20. The Morgan fingerprint density at radius 3 is 2.58 bits per heavy atom. The summed E-state index contributed by atoms with van der Waals surface area (Å²) in [7, 11) is -1.73. The zero-order valence-electron chi connectivity index (χ0n) is 11.2. The second-order valence-corrected chi connectivity index (χ2v) is 6.85. The van der Waals surface area contributed by atoms with Crippen LogP contribution in [0, 0.1) is 5.92 Å². The molecule has 19 heavy (non-hydrogen) atoms. The Bertz CT molecular complexity index is 448. The van der Waals surface area contributed by atoms with Crippen molar-refractivity contribution in [2.75, 3.05) is 32.9 Å².